The molecule has 0 saturated heterocycles. The number of benzene rings is 2. The number of hydrogen-bond donors (Lipinski definition) is 1. The van der Waals surface area contributed by atoms with Crippen molar-refractivity contribution in [1.82, 2.24) is 10.2 Å². The molecule has 3 rings (SSSR count). The lowest BCUT2D eigenvalue weighted by Crippen LogP contribution is -2.42. The third-order valence-electron chi connectivity index (χ3n) is 4.89. The molecule has 0 heterocycles. The van der Waals surface area contributed by atoms with E-state index in [0.29, 0.717) is 5.92 Å². The quantitative estimate of drug-likeness (QED) is 0.552. The Labute approximate surface area is 162 Å². The van der Waals surface area contributed by atoms with Gasteiger partial charge in [-0.25, -0.2) is 0 Å². The predicted octanol–water partition coefficient (Wildman–Crippen LogP) is 4.96. The second-order valence-electron chi connectivity index (χ2n) is 6.98. The molecule has 3 heteroatoms. The zero-order chi connectivity index (χ0) is 18.0. The summed E-state index contributed by atoms with van der Waals surface area (Å²) in [6, 6.07) is 21.2. The van der Waals surface area contributed by atoms with E-state index in [2.05, 4.69) is 83.0 Å². The van der Waals surface area contributed by atoms with E-state index >= 15 is 0 Å². The average molecular weight is 365 g/mol. The molecule has 1 aliphatic carbocycles. The second-order valence-corrected chi connectivity index (χ2v) is 7.37. The molecule has 2 aromatic carbocycles. The van der Waals surface area contributed by atoms with Gasteiger partial charge in [0.2, 0.25) is 0 Å². The van der Waals surface area contributed by atoms with Gasteiger partial charge in [0.05, 0.1) is 0 Å². The Bertz CT molecular complexity index is 697. The number of thiocarbonyl (C=S) groups is 1. The Morgan fingerprint density at radius 1 is 0.962 bits per heavy atom. The van der Waals surface area contributed by atoms with Crippen LogP contribution in [0.25, 0.3) is 0 Å². The van der Waals surface area contributed by atoms with Gasteiger partial charge < -0.3 is 10.2 Å². The molecule has 0 spiro atoms. The lowest BCUT2D eigenvalue weighted by Gasteiger charge is -2.31. The minimum absolute atomic E-state index is 0.692. The smallest absolute Gasteiger partial charge is 0.169 e. The van der Waals surface area contributed by atoms with Crippen molar-refractivity contribution >= 4 is 17.3 Å². The highest BCUT2D eigenvalue weighted by Gasteiger charge is 2.17. The molecular formula is C23H28N2S. The van der Waals surface area contributed by atoms with Gasteiger partial charge >= 0.3 is 0 Å². The van der Waals surface area contributed by atoms with Crippen LogP contribution in [0.3, 0.4) is 0 Å². The highest BCUT2D eigenvalue weighted by molar-refractivity contribution is 7.80. The van der Waals surface area contributed by atoms with Crippen molar-refractivity contribution < 1.29 is 0 Å². The van der Waals surface area contributed by atoms with E-state index in [-0.39, 0.29) is 0 Å². The molecule has 2 aromatic rings. The van der Waals surface area contributed by atoms with Crippen molar-refractivity contribution in [2.45, 2.75) is 32.2 Å². The van der Waals surface area contributed by atoms with Gasteiger partial charge in [-0.2, -0.15) is 0 Å². The van der Waals surface area contributed by atoms with Gasteiger partial charge in [0.25, 0.3) is 0 Å². The summed E-state index contributed by atoms with van der Waals surface area (Å²) < 4.78 is 0. The van der Waals surface area contributed by atoms with Gasteiger partial charge in [-0.3, -0.25) is 0 Å². The maximum Gasteiger partial charge on any atom is 0.169 e. The standard InChI is InChI=1S/C23H28N2S/c26-23(24-17-16-20-10-4-1-5-11-20)25(18-21-12-6-2-7-13-21)19-22-14-8-3-9-15-22/h1-8,10-13,22H,9,14-19H2,(H,24,26)/t22-/m1/s1. The Hall–Kier alpha value is -2.13. The van der Waals surface area contributed by atoms with Crippen LogP contribution in [0.15, 0.2) is 72.8 Å². The molecule has 0 bridgehead atoms. The third kappa shape index (κ3) is 5.99. The van der Waals surface area contributed by atoms with Gasteiger partial charge in [0, 0.05) is 19.6 Å². The van der Waals surface area contributed by atoms with Crippen LogP contribution < -0.4 is 5.32 Å². The van der Waals surface area contributed by atoms with E-state index in [4.69, 9.17) is 12.2 Å². The van der Waals surface area contributed by atoms with Crippen LogP contribution in [0.5, 0.6) is 0 Å². The summed E-state index contributed by atoms with van der Waals surface area (Å²) in [7, 11) is 0. The van der Waals surface area contributed by atoms with Crippen molar-refractivity contribution in [1.29, 1.82) is 0 Å². The highest BCUT2D eigenvalue weighted by atomic mass is 32.1. The van der Waals surface area contributed by atoms with E-state index in [0.717, 1.165) is 37.6 Å². The summed E-state index contributed by atoms with van der Waals surface area (Å²) in [5.41, 5.74) is 2.65. The molecule has 136 valence electrons. The van der Waals surface area contributed by atoms with Crippen LogP contribution in [-0.4, -0.2) is 23.1 Å². The normalized spacial score (nSPS) is 16.2. The van der Waals surface area contributed by atoms with Crippen LogP contribution in [0.2, 0.25) is 0 Å². The Morgan fingerprint density at radius 2 is 1.65 bits per heavy atom. The monoisotopic (exact) mass is 364 g/mol. The second kappa shape index (κ2) is 10.1. The van der Waals surface area contributed by atoms with Crippen molar-refractivity contribution in [3.05, 3.63) is 83.9 Å². The van der Waals surface area contributed by atoms with Gasteiger partial charge in [-0.1, -0.05) is 72.8 Å². The minimum atomic E-state index is 0.692. The van der Waals surface area contributed by atoms with E-state index in [1.165, 1.54) is 24.0 Å². The molecule has 1 atom stereocenters. The van der Waals surface area contributed by atoms with Crippen LogP contribution in [-0.2, 0) is 13.0 Å². The molecule has 1 N–H and O–H groups in total. The fourth-order valence-corrected chi connectivity index (χ4v) is 3.67. The zero-order valence-corrected chi connectivity index (χ0v) is 16.1. The summed E-state index contributed by atoms with van der Waals surface area (Å²) >= 11 is 5.76. The first kappa shape index (κ1) is 18.7. The predicted molar refractivity (Wildman–Crippen MR) is 114 cm³/mol. The van der Waals surface area contributed by atoms with Gasteiger partial charge in [0.15, 0.2) is 5.11 Å². The summed E-state index contributed by atoms with van der Waals surface area (Å²) in [6.07, 6.45) is 9.23. The molecule has 0 radical (unpaired) electrons. The molecule has 0 amide bonds. The summed E-state index contributed by atoms with van der Waals surface area (Å²) in [5, 5.41) is 4.35. The molecule has 2 nitrogen and oxygen atoms in total. The Balaban J connectivity index is 1.57. The molecular weight excluding hydrogens is 336 g/mol. The first-order chi connectivity index (χ1) is 12.8. The molecule has 0 saturated carbocycles. The van der Waals surface area contributed by atoms with Crippen molar-refractivity contribution in [3.8, 4) is 0 Å². The molecule has 26 heavy (non-hydrogen) atoms. The number of hydrogen-bond acceptors (Lipinski definition) is 1. The van der Waals surface area contributed by atoms with Crippen LogP contribution in [0.1, 0.15) is 30.4 Å². The fraction of sp³-hybridized carbons (Fsp3) is 0.348. The molecule has 0 unspecified atom stereocenters. The Kier molecular flexibility index (Phi) is 7.26. The summed E-state index contributed by atoms with van der Waals surface area (Å²) in [4.78, 5) is 2.35. The third-order valence-corrected chi connectivity index (χ3v) is 5.29. The number of nitrogens with zero attached hydrogens (tertiary/aromatic N) is 1. The van der Waals surface area contributed by atoms with E-state index in [9.17, 15) is 0 Å². The molecule has 0 aliphatic heterocycles. The van der Waals surface area contributed by atoms with Crippen LogP contribution in [0, 0.1) is 5.92 Å². The molecule has 0 aromatic heterocycles. The fourth-order valence-electron chi connectivity index (χ4n) is 3.43. The van der Waals surface area contributed by atoms with Crippen molar-refractivity contribution in [2.75, 3.05) is 13.1 Å². The van der Waals surface area contributed by atoms with Gasteiger partial charge in [-0.15, -0.1) is 0 Å². The first-order valence-electron chi connectivity index (χ1n) is 9.57. The minimum Gasteiger partial charge on any atom is -0.362 e. The SMILES string of the molecule is S=C(NCCc1ccccc1)N(Cc1ccccc1)C[C@@H]1CC=CCC1. The maximum atomic E-state index is 5.76. The van der Waals surface area contributed by atoms with Gasteiger partial charge in [-0.05, 0) is 54.9 Å². The van der Waals surface area contributed by atoms with E-state index in [1.807, 2.05) is 0 Å². The topological polar surface area (TPSA) is 15.3 Å². The van der Waals surface area contributed by atoms with E-state index in [1.54, 1.807) is 0 Å². The maximum absolute atomic E-state index is 5.76. The van der Waals surface area contributed by atoms with Crippen molar-refractivity contribution in [2.24, 2.45) is 5.92 Å². The largest absolute Gasteiger partial charge is 0.362 e. The molecule has 1 aliphatic rings. The van der Waals surface area contributed by atoms with Crippen LogP contribution in [0.4, 0.5) is 0 Å². The Morgan fingerprint density at radius 3 is 2.31 bits per heavy atom. The number of nitrogens with one attached hydrogen (secondary N) is 1. The lowest BCUT2D eigenvalue weighted by atomic mass is 9.94. The summed E-state index contributed by atoms with van der Waals surface area (Å²) in [6.45, 7) is 2.77. The lowest BCUT2D eigenvalue weighted by molar-refractivity contribution is 0.312. The number of allylic oxidation sites excluding steroid dienone is 2. The van der Waals surface area contributed by atoms with Gasteiger partial charge in [0.1, 0.15) is 0 Å². The average Bonchev–Trinajstić information content (AvgIpc) is 2.70. The zero-order valence-electron chi connectivity index (χ0n) is 15.3. The highest BCUT2D eigenvalue weighted by Crippen LogP contribution is 2.20. The van der Waals surface area contributed by atoms with E-state index < -0.39 is 0 Å². The van der Waals surface area contributed by atoms with Crippen LogP contribution >= 0.6 is 12.2 Å². The first-order valence-corrected chi connectivity index (χ1v) is 9.98. The summed E-state index contributed by atoms with van der Waals surface area (Å²) in [5.74, 6) is 0.692. The number of rotatable bonds is 7. The van der Waals surface area contributed by atoms with Crippen molar-refractivity contribution in [3.63, 3.8) is 0 Å². The molecule has 0 fully saturated rings.